The van der Waals surface area contributed by atoms with Crippen molar-refractivity contribution in [2.24, 2.45) is 0 Å². The summed E-state index contributed by atoms with van der Waals surface area (Å²) in [4.78, 5) is 0. The fraction of sp³-hybridized carbons (Fsp3) is 0.619. The minimum absolute atomic E-state index is 1.01. The molecule has 0 saturated heterocycles. The number of hydrogen-bond acceptors (Lipinski definition) is 0. The SMILES string of the molecule is CC(C)=CCC/C(C)=C/CC/C(C)=C\CCC#C[Si](C)(C)C. The predicted octanol–water partition coefficient (Wildman–Crippen LogP) is 7.07. The van der Waals surface area contributed by atoms with Crippen molar-refractivity contribution in [1.82, 2.24) is 0 Å². The fourth-order valence-corrected chi connectivity index (χ4v) is 2.71. The summed E-state index contributed by atoms with van der Waals surface area (Å²) in [5.41, 5.74) is 7.87. The zero-order valence-electron chi connectivity index (χ0n) is 16.0. The monoisotopic (exact) mass is 316 g/mol. The summed E-state index contributed by atoms with van der Waals surface area (Å²) in [6.45, 7) is 15.7. The second-order valence-corrected chi connectivity index (χ2v) is 12.3. The highest BCUT2D eigenvalue weighted by Crippen LogP contribution is 2.12. The number of allylic oxidation sites excluding steroid dienone is 6. The maximum atomic E-state index is 3.43. The van der Waals surface area contributed by atoms with Crippen molar-refractivity contribution in [3.8, 4) is 11.5 Å². The molecule has 0 nitrogen and oxygen atoms in total. The Morgan fingerprint density at radius 2 is 1.27 bits per heavy atom. The van der Waals surface area contributed by atoms with Gasteiger partial charge in [0.1, 0.15) is 8.07 Å². The van der Waals surface area contributed by atoms with Crippen LogP contribution < -0.4 is 0 Å². The molecule has 0 aliphatic rings. The molecule has 0 heterocycles. The third-order valence-electron chi connectivity index (χ3n) is 3.35. The Balaban J connectivity index is 3.96. The highest BCUT2D eigenvalue weighted by molar-refractivity contribution is 6.83. The van der Waals surface area contributed by atoms with Crippen molar-refractivity contribution < 1.29 is 0 Å². The van der Waals surface area contributed by atoms with Crippen LogP contribution in [0.1, 0.15) is 66.2 Å². The van der Waals surface area contributed by atoms with E-state index in [9.17, 15) is 0 Å². The van der Waals surface area contributed by atoms with Gasteiger partial charge in [-0.05, 0) is 59.8 Å². The first-order valence-electron chi connectivity index (χ1n) is 8.65. The van der Waals surface area contributed by atoms with Crippen molar-refractivity contribution in [3.63, 3.8) is 0 Å². The Morgan fingerprint density at radius 1 is 0.773 bits per heavy atom. The molecule has 0 N–H and O–H groups in total. The molecule has 0 bridgehead atoms. The Kier molecular flexibility index (Phi) is 11.0. The van der Waals surface area contributed by atoms with E-state index in [4.69, 9.17) is 0 Å². The maximum Gasteiger partial charge on any atom is 0.129 e. The normalized spacial score (nSPS) is 12.7. The largest absolute Gasteiger partial charge is 0.132 e. The molecule has 0 fully saturated rings. The molecule has 22 heavy (non-hydrogen) atoms. The molecule has 0 unspecified atom stereocenters. The summed E-state index contributed by atoms with van der Waals surface area (Å²) in [6, 6.07) is 0. The van der Waals surface area contributed by atoms with E-state index < -0.39 is 8.07 Å². The van der Waals surface area contributed by atoms with E-state index in [1.165, 1.54) is 42.4 Å². The van der Waals surface area contributed by atoms with Gasteiger partial charge in [0.25, 0.3) is 0 Å². The Labute approximate surface area is 140 Å². The highest BCUT2D eigenvalue weighted by atomic mass is 28.3. The second-order valence-electron chi connectivity index (χ2n) is 7.55. The van der Waals surface area contributed by atoms with Gasteiger partial charge in [0.15, 0.2) is 0 Å². The summed E-state index contributed by atoms with van der Waals surface area (Å²) in [5.74, 6) is 3.34. The molecule has 0 aromatic heterocycles. The van der Waals surface area contributed by atoms with Crippen LogP contribution in [-0.2, 0) is 0 Å². The smallest absolute Gasteiger partial charge is 0.129 e. The van der Waals surface area contributed by atoms with Gasteiger partial charge in [-0.3, -0.25) is 0 Å². The van der Waals surface area contributed by atoms with Gasteiger partial charge in [-0.1, -0.05) is 54.6 Å². The standard InChI is InChI=1S/C21H36Si/c1-19(2)13-11-15-21(4)17-12-16-20(3)14-9-8-10-18-22(5,6)7/h13-14,17H,8-9,11-12,15-16H2,1-7H3/b20-14-,21-17+. The molecule has 0 saturated carbocycles. The van der Waals surface area contributed by atoms with Crippen LogP contribution in [0.15, 0.2) is 34.9 Å². The molecule has 0 radical (unpaired) electrons. The van der Waals surface area contributed by atoms with Crippen LogP contribution in [0.3, 0.4) is 0 Å². The van der Waals surface area contributed by atoms with Gasteiger partial charge in [-0.2, -0.15) is 0 Å². The van der Waals surface area contributed by atoms with Gasteiger partial charge < -0.3 is 0 Å². The molecular weight excluding hydrogens is 280 g/mol. The van der Waals surface area contributed by atoms with Crippen molar-refractivity contribution in [3.05, 3.63) is 34.9 Å². The molecule has 1 heteroatoms. The first-order valence-corrected chi connectivity index (χ1v) is 12.2. The van der Waals surface area contributed by atoms with Crippen molar-refractivity contribution >= 4 is 8.07 Å². The lowest BCUT2D eigenvalue weighted by Crippen LogP contribution is -2.16. The molecule has 0 aliphatic heterocycles. The second kappa shape index (κ2) is 11.5. The number of rotatable bonds is 8. The summed E-state index contributed by atoms with van der Waals surface area (Å²) >= 11 is 0. The molecule has 0 aromatic carbocycles. The molecule has 0 rings (SSSR count). The van der Waals surface area contributed by atoms with Gasteiger partial charge >= 0.3 is 0 Å². The van der Waals surface area contributed by atoms with Crippen LogP contribution in [0, 0.1) is 11.5 Å². The number of unbranched alkanes of at least 4 members (excludes halogenated alkanes) is 1. The summed E-state index contributed by atoms with van der Waals surface area (Å²) in [5, 5.41) is 0. The van der Waals surface area contributed by atoms with Gasteiger partial charge in [-0.15, -0.1) is 11.5 Å². The van der Waals surface area contributed by atoms with Crippen LogP contribution in [0.25, 0.3) is 0 Å². The zero-order chi connectivity index (χ0) is 17.0. The third kappa shape index (κ3) is 15.4. The molecule has 124 valence electrons. The van der Waals surface area contributed by atoms with Gasteiger partial charge in [0, 0.05) is 6.42 Å². The fourth-order valence-electron chi connectivity index (χ4n) is 2.06. The van der Waals surface area contributed by atoms with Crippen LogP contribution in [0.2, 0.25) is 19.6 Å². The maximum absolute atomic E-state index is 3.43. The van der Waals surface area contributed by atoms with Gasteiger partial charge in [-0.25, -0.2) is 0 Å². The molecule has 0 amide bonds. The number of hydrogen-bond donors (Lipinski definition) is 0. The average molecular weight is 317 g/mol. The molecule has 0 spiro atoms. The lowest BCUT2D eigenvalue weighted by Gasteiger charge is -2.03. The minimum Gasteiger partial charge on any atom is -0.132 e. The van der Waals surface area contributed by atoms with E-state index in [1.54, 1.807) is 0 Å². The van der Waals surface area contributed by atoms with E-state index >= 15 is 0 Å². The van der Waals surface area contributed by atoms with E-state index in [2.05, 4.69) is 77.0 Å². The summed E-state index contributed by atoms with van der Waals surface area (Å²) < 4.78 is 0. The van der Waals surface area contributed by atoms with Crippen molar-refractivity contribution in [2.75, 3.05) is 0 Å². The van der Waals surface area contributed by atoms with Gasteiger partial charge in [0.05, 0.1) is 0 Å². The topological polar surface area (TPSA) is 0 Å². The zero-order valence-corrected chi connectivity index (χ0v) is 17.0. The van der Waals surface area contributed by atoms with E-state index in [-0.39, 0.29) is 0 Å². The van der Waals surface area contributed by atoms with Gasteiger partial charge in [0.2, 0.25) is 0 Å². The minimum atomic E-state index is -1.18. The lowest BCUT2D eigenvalue weighted by atomic mass is 10.1. The van der Waals surface area contributed by atoms with Crippen LogP contribution in [0.5, 0.6) is 0 Å². The van der Waals surface area contributed by atoms with Crippen LogP contribution in [-0.4, -0.2) is 8.07 Å². The Hall–Kier alpha value is -1.00. The molecule has 0 atom stereocenters. The molecule has 0 aromatic rings. The lowest BCUT2D eigenvalue weighted by molar-refractivity contribution is 0.909. The quantitative estimate of drug-likeness (QED) is 0.194. The first kappa shape index (κ1) is 21.0. The van der Waals surface area contributed by atoms with Crippen molar-refractivity contribution in [1.29, 1.82) is 0 Å². The van der Waals surface area contributed by atoms with E-state index in [1.807, 2.05) is 0 Å². The first-order chi connectivity index (χ1) is 10.2. The summed E-state index contributed by atoms with van der Waals surface area (Å²) in [6.07, 6.45) is 13.9. The van der Waals surface area contributed by atoms with E-state index in [0.717, 1.165) is 12.8 Å². The van der Waals surface area contributed by atoms with Crippen molar-refractivity contribution in [2.45, 2.75) is 85.9 Å². The highest BCUT2D eigenvalue weighted by Gasteiger charge is 2.06. The third-order valence-corrected chi connectivity index (χ3v) is 4.28. The molecular formula is C21H36Si. The average Bonchev–Trinajstić information content (AvgIpc) is 2.36. The Bertz CT molecular complexity index is 454. The van der Waals surface area contributed by atoms with E-state index in [0.29, 0.717) is 0 Å². The predicted molar refractivity (Wildman–Crippen MR) is 106 cm³/mol. The summed E-state index contributed by atoms with van der Waals surface area (Å²) in [7, 11) is -1.18. The molecule has 0 aliphatic carbocycles. The Morgan fingerprint density at radius 3 is 1.77 bits per heavy atom. The van der Waals surface area contributed by atoms with Crippen LogP contribution >= 0.6 is 0 Å². The van der Waals surface area contributed by atoms with Crippen LogP contribution in [0.4, 0.5) is 0 Å².